The van der Waals surface area contributed by atoms with E-state index in [-0.39, 0.29) is 20.8 Å². The topological polar surface area (TPSA) is 132 Å². The first-order chi connectivity index (χ1) is 20.8. The lowest BCUT2D eigenvalue weighted by Gasteiger charge is -2.16. The SMILES string of the molecule is CCOc1ccc2nc(Sc3ccc(NS(=O)(=O)c4cc(Cl)cc(Cl)c4OS(=O)(=O)c4cc(Cl)cc(Cl)c4O)cc3)sc2c1. The van der Waals surface area contributed by atoms with Crippen LogP contribution in [-0.4, -0.2) is 33.5 Å². The molecule has 0 saturated heterocycles. The summed E-state index contributed by atoms with van der Waals surface area (Å²) in [6.45, 7) is 2.47. The van der Waals surface area contributed by atoms with Crippen molar-refractivity contribution in [3.63, 3.8) is 0 Å². The second-order valence-electron chi connectivity index (χ2n) is 8.76. The zero-order chi connectivity index (χ0) is 31.8. The summed E-state index contributed by atoms with van der Waals surface area (Å²) in [4.78, 5) is 3.94. The van der Waals surface area contributed by atoms with Crippen LogP contribution in [0.2, 0.25) is 20.1 Å². The summed E-state index contributed by atoms with van der Waals surface area (Å²) in [6.07, 6.45) is 0. The quantitative estimate of drug-likeness (QED) is 0.135. The van der Waals surface area contributed by atoms with Crippen molar-refractivity contribution in [3.8, 4) is 17.2 Å². The monoisotopic (exact) mass is 750 g/mol. The molecular formula is C27H18Cl4N2O7S4. The number of aromatic hydroxyl groups is 1. The predicted octanol–water partition coefficient (Wildman–Crippen LogP) is 8.73. The maximum atomic E-state index is 13.5. The molecule has 0 radical (unpaired) electrons. The number of hydrogen-bond donors (Lipinski definition) is 2. The largest absolute Gasteiger partial charge is 0.505 e. The van der Waals surface area contributed by atoms with E-state index in [1.54, 1.807) is 12.1 Å². The third-order valence-electron chi connectivity index (χ3n) is 5.68. The Morgan fingerprint density at radius 1 is 0.886 bits per heavy atom. The Kier molecular flexibility index (Phi) is 9.69. The van der Waals surface area contributed by atoms with E-state index in [9.17, 15) is 21.9 Å². The van der Waals surface area contributed by atoms with Crippen molar-refractivity contribution in [2.45, 2.75) is 25.9 Å². The van der Waals surface area contributed by atoms with Crippen LogP contribution in [0, 0.1) is 0 Å². The van der Waals surface area contributed by atoms with Crippen molar-refractivity contribution >= 4 is 106 Å². The molecule has 0 aliphatic heterocycles. The maximum Gasteiger partial charge on any atom is 0.343 e. The molecule has 230 valence electrons. The van der Waals surface area contributed by atoms with Crippen LogP contribution in [0.15, 0.2) is 85.8 Å². The molecule has 4 aromatic carbocycles. The van der Waals surface area contributed by atoms with Gasteiger partial charge in [0.15, 0.2) is 20.7 Å². The minimum Gasteiger partial charge on any atom is -0.505 e. The molecule has 0 unspecified atom stereocenters. The van der Waals surface area contributed by atoms with E-state index in [4.69, 9.17) is 55.3 Å². The van der Waals surface area contributed by atoms with E-state index in [0.29, 0.717) is 6.61 Å². The van der Waals surface area contributed by atoms with Gasteiger partial charge >= 0.3 is 10.1 Å². The predicted molar refractivity (Wildman–Crippen MR) is 175 cm³/mol. The second kappa shape index (κ2) is 13.0. The van der Waals surface area contributed by atoms with E-state index in [2.05, 4.69) is 9.71 Å². The summed E-state index contributed by atoms with van der Waals surface area (Å²) in [5, 5.41) is 9.20. The van der Waals surface area contributed by atoms with Crippen molar-refractivity contribution in [1.29, 1.82) is 0 Å². The van der Waals surface area contributed by atoms with Crippen LogP contribution in [0.1, 0.15) is 6.92 Å². The molecule has 44 heavy (non-hydrogen) atoms. The van der Waals surface area contributed by atoms with Gasteiger partial charge in [-0.1, -0.05) is 58.2 Å². The van der Waals surface area contributed by atoms with Gasteiger partial charge in [-0.25, -0.2) is 13.4 Å². The minimum atomic E-state index is -4.88. The smallest absolute Gasteiger partial charge is 0.343 e. The van der Waals surface area contributed by atoms with Crippen LogP contribution < -0.4 is 13.6 Å². The van der Waals surface area contributed by atoms with Gasteiger partial charge in [0.25, 0.3) is 10.0 Å². The van der Waals surface area contributed by atoms with Crippen molar-refractivity contribution in [2.75, 3.05) is 11.3 Å². The number of phenolic OH excluding ortho intramolecular Hbond substituents is 1. The van der Waals surface area contributed by atoms with Crippen LogP contribution >= 0.6 is 69.5 Å². The van der Waals surface area contributed by atoms with E-state index in [0.717, 1.165) is 49.5 Å². The number of fused-ring (bicyclic) bond motifs is 1. The lowest BCUT2D eigenvalue weighted by molar-refractivity contribution is 0.341. The third kappa shape index (κ3) is 7.26. The molecule has 0 spiro atoms. The molecule has 0 bridgehead atoms. The normalized spacial score (nSPS) is 11.9. The maximum absolute atomic E-state index is 13.5. The Balaban J connectivity index is 1.39. The second-order valence-corrected chi connectivity index (χ2v) is 16.0. The molecule has 0 atom stereocenters. The van der Waals surface area contributed by atoms with E-state index in [1.807, 2.05) is 25.1 Å². The molecular weight excluding hydrogens is 734 g/mol. The van der Waals surface area contributed by atoms with E-state index < -0.39 is 46.5 Å². The Morgan fingerprint density at radius 3 is 2.23 bits per heavy atom. The highest BCUT2D eigenvalue weighted by Gasteiger charge is 2.30. The van der Waals surface area contributed by atoms with Gasteiger partial charge in [-0.3, -0.25) is 4.72 Å². The van der Waals surface area contributed by atoms with Crippen molar-refractivity contribution in [2.24, 2.45) is 0 Å². The molecule has 5 rings (SSSR count). The number of hydrogen-bond acceptors (Lipinski definition) is 10. The van der Waals surface area contributed by atoms with E-state index in [1.165, 1.54) is 35.2 Å². The van der Waals surface area contributed by atoms with Gasteiger partial charge in [-0.05, 0) is 73.7 Å². The van der Waals surface area contributed by atoms with Crippen LogP contribution in [0.25, 0.3) is 10.2 Å². The molecule has 2 N–H and O–H groups in total. The van der Waals surface area contributed by atoms with Crippen LogP contribution in [-0.2, 0) is 20.1 Å². The molecule has 1 aromatic heterocycles. The number of nitrogens with one attached hydrogen (secondary N) is 1. The highest BCUT2D eigenvalue weighted by molar-refractivity contribution is 8.01. The van der Waals surface area contributed by atoms with Crippen molar-refractivity contribution < 1.29 is 30.9 Å². The average molecular weight is 753 g/mol. The number of anilines is 1. The number of rotatable bonds is 10. The zero-order valence-corrected chi connectivity index (χ0v) is 28.3. The Morgan fingerprint density at radius 2 is 1.55 bits per heavy atom. The fraction of sp³-hybridized carbons (Fsp3) is 0.0741. The van der Waals surface area contributed by atoms with Crippen molar-refractivity contribution in [3.05, 3.63) is 86.8 Å². The first-order valence-electron chi connectivity index (χ1n) is 12.2. The molecule has 0 fully saturated rings. The third-order valence-corrected chi connectivity index (χ3v) is 11.4. The molecule has 9 nitrogen and oxygen atoms in total. The molecule has 0 saturated carbocycles. The average Bonchev–Trinajstić information content (AvgIpc) is 3.34. The standard InChI is InChI=1S/C27H18Cl4N2O7S4/c1-2-39-17-5-8-21-22(13-17)42-27(32-21)41-18-6-3-16(4-7-18)33-43(35,36)24-12-15(29)10-20(31)26(24)40-44(37,38)23-11-14(28)9-19(30)25(23)34/h3-13,33-34H,2H2,1H3. The van der Waals surface area contributed by atoms with Gasteiger partial charge in [0.2, 0.25) is 0 Å². The summed E-state index contributed by atoms with van der Waals surface area (Å²) in [7, 11) is -9.40. The van der Waals surface area contributed by atoms with Crippen LogP contribution in [0.4, 0.5) is 5.69 Å². The number of nitrogens with zero attached hydrogens (tertiary/aromatic N) is 1. The summed E-state index contributed by atoms with van der Waals surface area (Å²) in [5.41, 5.74) is 0.989. The van der Waals surface area contributed by atoms with Crippen molar-refractivity contribution in [1.82, 2.24) is 4.98 Å². The molecule has 5 aromatic rings. The van der Waals surface area contributed by atoms with Crippen LogP contribution in [0.3, 0.4) is 0 Å². The Labute approximate surface area is 280 Å². The summed E-state index contributed by atoms with van der Waals surface area (Å²) < 4.78 is 67.8. The number of thiazole rings is 1. The number of halogens is 4. The molecule has 17 heteroatoms. The zero-order valence-electron chi connectivity index (χ0n) is 22.0. The van der Waals surface area contributed by atoms with Gasteiger partial charge in [-0.15, -0.1) is 11.3 Å². The molecule has 0 aliphatic carbocycles. The summed E-state index contributed by atoms with van der Waals surface area (Å²) in [5.74, 6) is -0.840. The number of sulfonamides is 1. The fourth-order valence-corrected chi connectivity index (χ4v) is 9.56. The van der Waals surface area contributed by atoms with Gasteiger partial charge < -0.3 is 14.0 Å². The fourth-order valence-electron chi connectivity index (χ4n) is 3.79. The molecule has 1 heterocycles. The lowest BCUT2D eigenvalue weighted by atomic mass is 10.3. The summed E-state index contributed by atoms with van der Waals surface area (Å²) >= 11 is 26.9. The van der Waals surface area contributed by atoms with Gasteiger partial charge in [0.1, 0.15) is 10.6 Å². The van der Waals surface area contributed by atoms with Gasteiger partial charge in [-0.2, -0.15) is 8.42 Å². The number of phenols is 1. The van der Waals surface area contributed by atoms with Gasteiger partial charge in [0.05, 0.1) is 26.9 Å². The lowest BCUT2D eigenvalue weighted by Crippen LogP contribution is -2.17. The highest BCUT2D eigenvalue weighted by atomic mass is 35.5. The van der Waals surface area contributed by atoms with Gasteiger partial charge in [0, 0.05) is 20.6 Å². The number of benzene rings is 4. The minimum absolute atomic E-state index is 0.107. The van der Waals surface area contributed by atoms with E-state index >= 15 is 0 Å². The first kappa shape index (κ1) is 32.8. The Bertz CT molecular complexity index is 2110. The molecule has 0 aliphatic rings. The highest BCUT2D eigenvalue weighted by Crippen LogP contribution is 2.41. The Hall–Kier alpha value is -2.62. The first-order valence-corrected chi connectivity index (χ1v) is 18.2. The number of aromatic nitrogens is 1. The molecule has 0 amide bonds. The summed E-state index contributed by atoms with van der Waals surface area (Å²) in [6, 6.07) is 16.2. The number of ether oxygens (including phenoxy) is 1. The van der Waals surface area contributed by atoms with Crippen LogP contribution in [0.5, 0.6) is 17.2 Å².